The molecule has 3 heteroatoms. The minimum absolute atomic E-state index is 0.301. The standard InChI is InChI=1S/C21H40O3/c1-4-6-7-8-9-10-11-12-13-14-15-16-17-18-19-20(24-5-2)21(22)23-3/h5,20H,2,4,6-19H2,1,3H3. The Bertz CT molecular complexity index is 289. The molecule has 0 aromatic carbocycles. The number of carbonyl (C=O) groups is 1. The predicted octanol–water partition coefficient (Wildman–Crippen LogP) is 6.56. The van der Waals surface area contributed by atoms with E-state index in [2.05, 4.69) is 13.5 Å². The zero-order valence-corrected chi connectivity index (χ0v) is 16.2. The van der Waals surface area contributed by atoms with Crippen molar-refractivity contribution in [2.45, 2.75) is 109 Å². The molecule has 0 amide bonds. The van der Waals surface area contributed by atoms with Gasteiger partial charge < -0.3 is 9.47 Å². The summed E-state index contributed by atoms with van der Waals surface area (Å²) in [6.07, 6.45) is 20.2. The molecule has 0 aliphatic heterocycles. The van der Waals surface area contributed by atoms with Gasteiger partial charge in [0, 0.05) is 0 Å². The molecule has 0 radical (unpaired) electrons. The summed E-state index contributed by atoms with van der Waals surface area (Å²) in [4.78, 5) is 11.5. The highest BCUT2D eigenvalue weighted by molar-refractivity contribution is 5.74. The summed E-state index contributed by atoms with van der Waals surface area (Å²) in [6.45, 7) is 5.78. The molecule has 0 fully saturated rings. The van der Waals surface area contributed by atoms with Gasteiger partial charge in [-0.3, -0.25) is 0 Å². The van der Waals surface area contributed by atoms with Crippen LogP contribution in [0.2, 0.25) is 0 Å². The lowest BCUT2D eigenvalue weighted by Gasteiger charge is -2.13. The fourth-order valence-corrected chi connectivity index (χ4v) is 3.01. The second kappa shape index (κ2) is 18.4. The quantitative estimate of drug-likeness (QED) is 0.161. The molecule has 0 heterocycles. The normalized spacial score (nSPS) is 11.9. The Labute approximate surface area is 150 Å². The van der Waals surface area contributed by atoms with Gasteiger partial charge in [0.25, 0.3) is 0 Å². The topological polar surface area (TPSA) is 35.5 Å². The first kappa shape index (κ1) is 23.0. The number of hydrogen-bond donors (Lipinski definition) is 0. The van der Waals surface area contributed by atoms with Crippen molar-refractivity contribution < 1.29 is 14.3 Å². The van der Waals surface area contributed by atoms with Crippen LogP contribution >= 0.6 is 0 Å². The second-order valence-corrected chi connectivity index (χ2v) is 6.70. The second-order valence-electron chi connectivity index (χ2n) is 6.70. The maximum Gasteiger partial charge on any atom is 0.347 e. The van der Waals surface area contributed by atoms with Crippen LogP contribution in [-0.2, 0) is 14.3 Å². The Morgan fingerprint density at radius 2 is 1.25 bits per heavy atom. The van der Waals surface area contributed by atoms with Crippen LogP contribution in [0.1, 0.15) is 103 Å². The summed E-state index contributed by atoms with van der Waals surface area (Å²) in [5, 5.41) is 0. The molecule has 1 atom stereocenters. The highest BCUT2D eigenvalue weighted by Crippen LogP contribution is 2.14. The van der Waals surface area contributed by atoms with Gasteiger partial charge in [0.15, 0.2) is 6.10 Å². The van der Waals surface area contributed by atoms with E-state index in [0.717, 1.165) is 19.3 Å². The predicted molar refractivity (Wildman–Crippen MR) is 102 cm³/mol. The molecule has 0 rings (SSSR count). The van der Waals surface area contributed by atoms with E-state index in [9.17, 15) is 4.79 Å². The van der Waals surface area contributed by atoms with Gasteiger partial charge in [-0.25, -0.2) is 4.79 Å². The Hall–Kier alpha value is -0.990. The zero-order chi connectivity index (χ0) is 17.9. The Balaban J connectivity index is 3.29. The first-order valence-corrected chi connectivity index (χ1v) is 10.1. The van der Waals surface area contributed by atoms with Crippen molar-refractivity contribution in [3.05, 3.63) is 12.8 Å². The van der Waals surface area contributed by atoms with E-state index in [1.54, 1.807) is 0 Å². The summed E-state index contributed by atoms with van der Waals surface area (Å²) in [5.41, 5.74) is 0. The van der Waals surface area contributed by atoms with Gasteiger partial charge in [0.05, 0.1) is 13.4 Å². The van der Waals surface area contributed by atoms with Crippen LogP contribution < -0.4 is 0 Å². The largest absolute Gasteiger partial charge is 0.487 e. The number of ether oxygens (including phenoxy) is 2. The lowest BCUT2D eigenvalue weighted by atomic mass is 10.0. The monoisotopic (exact) mass is 340 g/mol. The van der Waals surface area contributed by atoms with Crippen LogP contribution in [0.5, 0.6) is 0 Å². The smallest absolute Gasteiger partial charge is 0.347 e. The summed E-state index contributed by atoms with van der Waals surface area (Å²) >= 11 is 0. The fourth-order valence-electron chi connectivity index (χ4n) is 3.01. The Morgan fingerprint density at radius 3 is 1.62 bits per heavy atom. The minimum Gasteiger partial charge on any atom is -0.487 e. The van der Waals surface area contributed by atoms with E-state index < -0.39 is 6.10 Å². The first-order valence-electron chi connectivity index (χ1n) is 10.1. The summed E-state index contributed by atoms with van der Waals surface area (Å²) in [6, 6.07) is 0. The van der Waals surface area contributed by atoms with Crippen LogP contribution in [0.4, 0.5) is 0 Å². The molecule has 142 valence electrons. The average molecular weight is 341 g/mol. The van der Waals surface area contributed by atoms with E-state index in [-0.39, 0.29) is 5.97 Å². The van der Waals surface area contributed by atoms with Crippen molar-refractivity contribution in [2.75, 3.05) is 7.11 Å². The van der Waals surface area contributed by atoms with Gasteiger partial charge in [-0.15, -0.1) is 0 Å². The maximum absolute atomic E-state index is 11.5. The number of hydrogen-bond acceptors (Lipinski definition) is 3. The van der Waals surface area contributed by atoms with Crippen molar-refractivity contribution in [3.63, 3.8) is 0 Å². The molecule has 1 unspecified atom stereocenters. The Kier molecular flexibility index (Phi) is 17.6. The van der Waals surface area contributed by atoms with Gasteiger partial charge in [-0.1, -0.05) is 97.0 Å². The van der Waals surface area contributed by atoms with Crippen molar-refractivity contribution in [1.29, 1.82) is 0 Å². The third-order valence-electron chi connectivity index (χ3n) is 4.54. The first-order chi connectivity index (χ1) is 11.8. The molecule has 0 saturated carbocycles. The summed E-state index contributed by atoms with van der Waals surface area (Å²) in [7, 11) is 1.40. The highest BCUT2D eigenvalue weighted by atomic mass is 16.6. The number of esters is 1. The molecule has 3 nitrogen and oxygen atoms in total. The van der Waals surface area contributed by atoms with Crippen molar-refractivity contribution in [3.8, 4) is 0 Å². The maximum atomic E-state index is 11.5. The molecule has 0 aliphatic carbocycles. The molecule has 0 spiro atoms. The minimum atomic E-state index is -0.482. The van der Waals surface area contributed by atoms with Crippen LogP contribution in [0, 0.1) is 0 Å². The number of unbranched alkanes of at least 4 members (excludes halogenated alkanes) is 13. The van der Waals surface area contributed by atoms with E-state index in [1.165, 1.54) is 90.4 Å². The molecule has 0 bridgehead atoms. The van der Waals surface area contributed by atoms with Crippen LogP contribution in [-0.4, -0.2) is 19.2 Å². The van der Waals surface area contributed by atoms with Gasteiger partial charge in [0.2, 0.25) is 0 Å². The fraction of sp³-hybridized carbons (Fsp3) is 0.857. The van der Waals surface area contributed by atoms with Crippen molar-refractivity contribution in [1.82, 2.24) is 0 Å². The van der Waals surface area contributed by atoms with Crippen LogP contribution in [0.3, 0.4) is 0 Å². The molecule has 0 N–H and O–H groups in total. The van der Waals surface area contributed by atoms with Crippen molar-refractivity contribution >= 4 is 5.97 Å². The molecular formula is C21H40O3. The van der Waals surface area contributed by atoms with Crippen LogP contribution in [0.25, 0.3) is 0 Å². The molecule has 0 aliphatic rings. The number of rotatable bonds is 18. The van der Waals surface area contributed by atoms with Gasteiger partial charge in [-0.2, -0.15) is 0 Å². The molecule has 24 heavy (non-hydrogen) atoms. The summed E-state index contributed by atoms with van der Waals surface area (Å²) in [5.74, 6) is -0.301. The molecule has 0 aromatic rings. The molecule has 0 saturated heterocycles. The molecular weight excluding hydrogens is 300 g/mol. The lowest BCUT2D eigenvalue weighted by Crippen LogP contribution is -2.23. The van der Waals surface area contributed by atoms with Crippen LogP contribution in [0.15, 0.2) is 12.8 Å². The third kappa shape index (κ3) is 14.6. The summed E-state index contributed by atoms with van der Waals surface area (Å²) < 4.78 is 9.92. The highest BCUT2D eigenvalue weighted by Gasteiger charge is 2.18. The van der Waals surface area contributed by atoms with Gasteiger partial charge >= 0.3 is 5.97 Å². The van der Waals surface area contributed by atoms with Gasteiger partial charge in [0.1, 0.15) is 0 Å². The zero-order valence-electron chi connectivity index (χ0n) is 16.2. The number of carbonyl (C=O) groups excluding carboxylic acids is 1. The van der Waals surface area contributed by atoms with E-state index in [1.807, 2.05) is 0 Å². The lowest BCUT2D eigenvalue weighted by molar-refractivity contribution is -0.151. The van der Waals surface area contributed by atoms with E-state index >= 15 is 0 Å². The third-order valence-corrected chi connectivity index (χ3v) is 4.54. The van der Waals surface area contributed by atoms with Gasteiger partial charge in [-0.05, 0) is 12.8 Å². The van der Waals surface area contributed by atoms with E-state index in [4.69, 9.17) is 9.47 Å². The Morgan fingerprint density at radius 1 is 0.833 bits per heavy atom. The van der Waals surface area contributed by atoms with Crippen molar-refractivity contribution in [2.24, 2.45) is 0 Å². The SMILES string of the molecule is C=COC(CCCCCCCCCCCCCCCC)C(=O)OC. The molecule has 0 aromatic heterocycles. The number of methoxy groups -OCH3 is 1. The average Bonchev–Trinajstić information content (AvgIpc) is 2.60. The van der Waals surface area contributed by atoms with E-state index in [0.29, 0.717) is 0 Å².